The van der Waals surface area contributed by atoms with Gasteiger partial charge in [-0.25, -0.2) is 9.67 Å². The molecule has 2 N–H and O–H groups in total. The van der Waals surface area contributed by atoms with Gasteiger partial charge in [-0.15, -0.1) is 0 Å². The third-order valence-electron chi connectivity index (χ3n) is 2.08. The summed E-state index contributed by atoms with van der Waals surface area (Å²) in [6.07, 6.45) is 3.59. The van der Waals surface area contributed by atoms with Gasteiger partial charge in [-0.3, -0.25) is 0 Å². The number of halogens is 1. The minimum absolute atomic E-state index is 0.458. The van der Waals surface area contributed by atoms with E-state index in [1.807, 2.05) is 25.3 Å². The second-order valence-corrected chi connectivity index (χ2v) is 4.16. The van der Waals surface area contributed by atoms with Gasteiger partial charge in [-0.2, -0.15) is 5.10 Å². The molecule has 2 heterocycles. The number of hydrogen-bond donors (Lipinski definition) is 1. The van der Waals surface area contributed by atoms with Crippen molar-refractivity contribution < 1.29 is 0 Å². The first-order valence-corrected chi connectivity index (χ1v) is 5.37. The van der Waals surface area contributed by atoms with Gasteiger partial charge >= 0.3 is 0 Å². The molecule has 0 radical (unpaired) electrons. The molecule has 0 saturated carbocycles. The molecular weight excluding hydrogens is 256 g/mol. The molecule has 2 aromatic rings. The molecule has 0 spiro atoms. The third kappa shape index (κ3) is 2.08. The summed E-state index contributed by atoms with van der Waals surface area (Å²) in [5, 5.41) is 4.19. The van der Waals surface area contributed by atoms with Crippen molar-refractivity contribution in [2.24, 2.45) is 5.73 Å². The van der Waals surface area contributed by atoms with Crippen LogP contribution < -0.4 is 5.73 Å². The van der Waals surface area contributed by atoms with E-state index in [0.29, 0.717) is 6.54 Å². The Morgan fingerprint density at radius 2 is 2.27 bits per heavy atom. The Bertz CT molecular complexity index is 478. The lowest BCUT2D eigenvalue weighted by Gasteiger charge is -2.07. The van der Waals surface area contributed by atoms with Crippen LogP contribution in [0.15, 0.2) is 29.0 Å². The van der Waals surface area contributed by atoms with Crippen LogP contribution >= 0.6 is 15.9 Å². The van der Waals surface area contributed by atoms with Crippen molar-refractivity contribution in [1.82, 2.24) is 14.8 Å². The normalized spacial score (nSPS) is 10.6. The first-order valence-electron chi connectivity index (χ1n) is 4.58. The summed E-state index contributed by atoms with van der Waals surface area (Å²) in [4.78, 5) is 4.43. The number of pyridine rings is 1. The zero-order valence-electron chi connectivity index (χ0n) is 8.31. The van der Waals surface area contributed by atoms with Crippen molar-refractivity contribution in [2.75, 3.05) is 0 Å². The van der Waals surface area contributed by atoms with Crippen molar-refractivity contribution in [1.29, 1.82) is 0 Å². The molecule has 0 aromatic carbocycles. The Hall–Kier alpha value is -1.20. The SMILES string of the molecule is Cc1ccc(CN)c(-n2cc(Br)cn2)n1. The molecule has 0 aliphatic rings. The van der Waals surface area contributed by atoms with Gasteiger partial charge in [-0.1, -0.05) is 6.07 Å². The van der Waals surface area contributed by atoms with E-state index in [2.05, 4.69) is 26.0 Å². The molecule has 0 aliphatic carbocycles. The van der Waals surface area contributed by atoms with Crippen LogP contribution in [0.25, 0.3) is 5.82 Å². The van der Waals surface area contributed by atoms with Gasteiger partial charge in [0.15, 0.2) is 5.82 Å². The van der Waals surface area contributed by atoms with Gasteiger partial charge in [-0.05, 0) is 28.9 Å². The van der Waals surface area contributed by atoms with Crippen LogP contribution in [0.1, 0.15) is 11.3 Å². The molecule has 0 atom stereocenters. The fourth-order valence-electron chi connectivity index (χ4n) is 1.35. The van der Waals surface area contributed by atoms with Crippen molar-refractivity contribution in [3.8, 4) is 5.82 Å². The topological polar surface area (TPSA) is 56.7 Å². The summed E-state index contributed by atoms with van der Waals surface area (Å²) in [7, 11) is 0. The minimum atomic E-state index is 0.458. The lowest BCUT2D eigenvalue weighted by atomic mass is 10.2. The van der Waals surface area contributed by atoms with Crippen LogP contribution in [0.3, 0.4) is 0 Å². The third-order valence-corrected chi connectivity index (χ3v) is 2.49. The van der Waals surface area contributed by atoms with Crippen LogP contribution in [-0.4, -0.2) is 14.8 Å². The predicted molar refractivity (Wildman–Crippen MR) is 61.7 cm³/mol. The van der Waals surface area contributed by atoms with Gasteiger partial charge in [0, 0.05) is 24.0 Å². The molecule has 0 unspecified atom stereocenters. The van der Waals surface area contributed by atoms with Crippen LogP contribution in [0.2, 0.25) is 0 Å². The molecule has 0 amide bonds. The van der Waals surface area contributed by atoms with Gasteiger partial charge in [0.05, 0.1) is 10.7 Å². The van der Waals surface area contributed by atoms with E-state index in [1.165, 1.54) is 0 Å². The molecule has 5 heteroatoms. The maximum atomic E-state index is 5.65. The lowest BCUT2D eigenvalue weighted by molar-refractivity contribution is 0.817. The summed E-state index contributed by atoms with van der Waals surface area (Å²) in [6, 6.07) is 3.93. The Balaban J connectivity index is 2.55. The van der Waals surface area contributed by atoms with E-state index in [9.17, 15) is 0 Å². The van der Waals surface area contributed by atoms with Crippen molar-refractivity contribution in [2.45, 2.75) is 13.5 Å². The second-order valence-electron chi connectivity index (χ2n) is 3.24. The predicted octanol–water partition coefficient (Wildman–Crippen LogP) is 1.80. The molecule has 78 valence electrons. The summed E-state index contributed by atoms with van der Waals surface area (Å²) in [5.41, 5.74) is 7.59. The average molecular weight is 267 g/mol. The molecular formula is C10H11BrN4. The smallest absolute Gasteiger partial charge is 0.158 e. The van der Waals surface area contributed by atoms with E-state index in [-0.39, 0.29) is 0 Å². The number of nitrogens with zero attached hydrogens (tertiary/aromatic N) is 3. The van der Waals surface area contributed by atoms with E-state index in [1.54, 1.807) is 10.9 Å². The van der Waals surface area contributed by atoms with Crippen LogP contribution in [0.5, 0.6) is 0 Å². The Kier molecular flexibility index (Phi) is 2.83. The van der Waals surface area contributed by atoms with E-state index >= 15 is 0 Å². The van der Waals surface area contributed by atoms with Gasteiger partial charge in [0.2, 0.25) is 0 Å². The zero-order chi connectivity index (χ0) is 10.8. The summed E-state index contributed by atoms with van der Waals surface area (Å²) in [6.45, 7) is 2.41. The Morgan fingerprint density at radius 1 is 1.47 bits per heavy atom. The molecule has 0 aliphatic heterocycles. The molecule has 0 bridgehead atoms. The first kappa shape index (κ1) is 10.3. The lowest BCUT2D eigenvalue weighted by Crippen LogP contribution is -2.07. The monoisotopic (exact) mass is 266 g/mol. The number of rotatable bonds is 2. The maximum Gasteiger partial charge on any atom is 0.158 e. The van der Waals surface area contributed by atoms with E-state index in [4.69, 9.17) is 5.73 Å². The van der Waals surface area contributed by atoms with Crippen LogP contribution in [0, 0.1) is 6.92 Å². The highest BCUT2D eigenvalue weighted by atomic mass is 79.9. The minimum Gasteiger partial charge on any atom is -0.326 e. The molecule has 0 saturated heterocycles. The second kappa shape index (κ2) is 4.12. The van der Waals surface area contributed by atoms with E-state index < -0.39 is 0 Å². The average Bonchev–Trinajstić information content (AvgIpc) is 2.65. The Labute approximate surface area is 96.3 Å². The summed E-state index contributed by atoms with van der Waals surface area (Å²) >= 11 is 3.35. The molecule has 2 aromatic heterocycles. The summed E-state index contributed by atoms with van der Waals surface area (Å²) in [5.74, 6) is 0.795. The van der Waals surface area contributed by atoms with Crippen molar-refractivity contribution >= 4 is 15.9 Å². The fraction of sp³-hybridized carbons (Fsp3) is 0.200. The zero-order valence-corrected chi connectivity index (χ0v) is 9.90. The highest BCUT2D eigenvalue weighted by molar-refractivity contribution is 9.10. The van der Waals surface area contributed by atoms with Crippen LogP contribution in [-0.2, 0) is 6.54 Å². The van der Waals surface area contributed by atoms with Crippen molar-refractivity contribution in [3.63, 3.8) is 0 Å². The molecule has 0 fully saturated rings. The van der Waals surface area contributed by atoms with Crippen LogP contribution in [0.4, 0.5) is 0 Å². The van der Waals surface area contributed by atoms with Gasteiger partial charge in [0.25, 0.3) is 0 Å². The number of hydrogen-bond acceptors (Lipinski definition) is 3. The number of nitrogens with two attached hydrogens (primary N) is 1. The van der Waals surface area contributed by atoms with E-state index in [0.717, 1.165) is 21.5 Å². The standard InChI is InChI=1S/C10H11BrN4/c1-7-2-3-8(4-12)10(14-7)15-6-9(11)5-13-15/h2-3,5-6H,4,12H2,1H3. The molecule has 2 rings (SSSR count). The fourth-order valence-corrected chi connectivity index (χ4v) is 1.63. The van der Waals surface area contributed by atoms with Gasteiger partial charge in [0.1, 0.15) is 0 Å². The van der Waals surface area contributed by atoms with Crippen molar-refractivity contribution in [3.05, 3.63) is 40.3 Å². The molecule has 4 nitrogen and oxygen atoms in total. The summed E-state index contributed by atoms with van der Waals surface area (Å²) < 4.78 is 2.65. The maximum absolute atomic E-state index is 5.65. The first-order chi connectivity index (χ1) is 7.20. The number of aromatic nitrogens is 3. The van der Waals surface area contributed by atoms with Gasteiger partial charge < -0.3 is 5.73 Å². The highest BCUT2D eigenvalue weighted by Crippen LogP contribution is 2.15. The largest absolute Gasteiger partial charge is 0.326 e. The molecule has 15 heavy (non-hydrogen) atoms. The number of aryl methyl sites for hydroxylation is 1. The Morgan fingerprint density at radius 3 is 2.87 bits per heavy atom. The quantitative estimate of drug-likeness (QED) is 0.902. The highest BCUT2D eigenvalue weighted by Gasteiger charge is 2.06.